The van der Waals surface area contributed by atoms with Crippen LogP contribution in [0, 0.1) is 41.5 Å². The van der Waals surface area contributed by atoms with Crippen molar-refractivity contribution in [3.8, 4) is 5.69 Å². The monoisotopic (exact) mass is 457 g/mol. The summed E-state index contributed by atoms with van der Waals surface area (Å²) in [6, 6.07) is 14.0. The molecule has 2 heterocycles. The van der Waals surface area contributed by atoms with Crippen LogP contribution in [0.4, 0.5) is 5.69 Å². The summed E-state index contributed by atoms with van der Waals surface area (Å²) in [5, 5.41) is 2.78. The van der Waals surface area contributed by atoms with Crippen LogP contribution in [0.15, 0.2) is 48.0 Å². The van der Waals surface area contributed by atoms with Crippen molar-refractivity contribution in [3.05, 3.63) is 87.2 Å². The highest BCUT2D eigenvalue weighted by Gasteiger charge is 2.35. The number of nitrogens with zero attached hydrogens (tertiary/aromatic N) is 2. The predicted octanol–water partition coefficient (Wildman–Crippen LogP) is 5.16. The van der Waals surface area contributed by atoms with Gasteiger partial charge in [-0.15, -0.1) is 0 Å². The zero-order valence-electron chi connectivity index (χ0n) is 19.7. The van der Waals surface area contributed by atoms with Gasteiger partial charge in [0.25, 0.3) is 11.8 Å². The standard InChI is InChI=1S/C27H27N3O2S/c1-15-10-11-17(3)24(12-15)29-18(4)13-21(20(29)6)14-22-25(31)28-27(33)30(26(22)32)23-9-7-8-16(2)19(23)5/h7-14H,1-6H3,(H,28,31,33)/b22-14+. The highest BCUT2D eigenvalue weighted by Crippen LogP contribution is 2.29. The number of nitrogens with one attached hydrogen (secondary N) is 1. The Morgan fingerprint density at radius 2 is 1.61 bits per heavy atom. The first-order chi connectivity index (χ1) is 15.6. The summed E-state index contributed by atoms with van der Waals surface area (Å²) in [5.41, 5.74) is 8.94. The summed E-state index contributed by atoms with van der Waals surface area (Å²) in [4.78, 5) is 27.7. The van der Waals surface area contributed by atoms with Crippen LogP contribution in [0.3, 0.4) is 0 Å². The molecule has 1 saturated heterocycles. The van der Waals surface area contributed by atoms with Gasteiger partial charge >= 0.3 is 0 Å². The fourth-order valence-corrected chi connectivity index (χ4v) is 4.55. The maximum atomic E-state index is 13.5. The Hall–Kier alpha value is -3.51. The highest BCUT2D eigenvalue weighted by molar-refractivity contribution is 7.80. The van der Waals surface area contributed by atoms with E-state index in [1.165, 1.54) is 10.5 Å². The lowest BCUT2D eigenvalue weighted by atomic mass is 10.0. The van der Waals surface area contributed by atoms with Gasteiger partial charge in [-0.05, 0) is 106 Å². The van der Waals surface area contributed by atoms with E-state index in [0.29, 0.717) is 5.69 Å². The molecule has 0 atom stereocenters. The molecule has 0 unspecified atom stereocenters. The molecule has 0 spiro atoms. The molecule has 0 saturated carbocycles. The first kappa shape index (κ1) is 22.7. The van der Waals surface area contributed by atoms with Gasteiger partial charge in [-0.25, -0.2) is 0 Å². The number of thiocarbonyl (C=S) groups is 1. The van der Waals surface area contributed by atoms with Crippen molar-refractivity contribution >= 4 is 40.9 Å². The molecule has 0 radical (unpaired) electrons. The van der Waals surface area contributed by atoms with E-state index < -0.39 is 11.8 Å². The summed E-state index contributed by atoms with van der Waals surface area (Å²) in [6.45, 7) is 12.1. The van der Waals surface area contributed by atoms with Gasteiger partial charge in [0.1, 0.15) is 5.57 Å². The number of benzene rings is 2. The topological polar surface area (TPSA) is 54.3 Å². The zero-order valence-corrected chi connectivity index (χ0v) is 20.6. The predicted molar refractivity (Wildman–Crippen MR) is 137 cm³/mol. The van der Waals surface area contributed by atoms with Crippen LogP contribution in [0.2, 0.25) is 0 Å². The van der Waals surface area contributed by atoms with E-state index >= 15 is 0 Å². The Labute approximate surface area is 199 Å². The van der Waals surface area contributed by atoms with Crippen LogP contribution in [-0.2, 0) is 9.59 Å². The van der Waals surface area contributed by atoms with E-state index in [2.05, 4.69) is 41.9 Å². The van der Waals surface area contributed by atoms with Crippen molar-refractivity contribution in [1.82, 2.24) is 9.88 Å². The number of rotatable bonds is 3. The minimum absolute atomic E-state index is 0.0609. The van der Waals surface area contributed by atoms with Crippen LogP contribution >= 0.6 is 12.2 Å². The lowest BCUT2D eigenvalue weighted by molar-refractivity contribution is -0.122. The quantitative estimate of drug-likeness (QED) is 0.336. The molecule has 6 heteroatoms. The summed E-state index contributed by atoms with van der Waals surface area (Å²) >= 11 is 5.37. The summed E-state index contributed by atoms with van der Waals surface area (Å²) < 4.78 is 2.16. The van der Waals surface area contributed by atoms with Crippen LogP contribution in [0.1, 0.15) is 39.2 Å². The van der Waals surface area contributed by atoms with Gasteiger partial charge in [-0.2, -0.15) is 0 Å². The minimum Gasteiger partial charge on any atom is -0.318 e. The zero-order chi connectivity index (χ0) is 24.0. The molecule has 5 nitrogen and oxygen atoms in total. The first-order valence-corrected chi connectivity index (χ1v) is 11.2. The van der Waals surface area contributed by atoms with Gasteiger partial charge in [0.2, 0.25) is 0 Å². The average molecular weight is 458 g/mol. The molecule has 33 heavy (non-hydrogen) atoms. The molecule has 1 fully saturated rings. The van der Waals surface area contributed by atoms with E-state index in [9.17, 15) is 9.59 Å². The molecule has 2 amide bonds. The number of hydrogen-bond donors (Lipinski definition) is 1. The maximum absolute atomic E-state index is 13.5. The van der Waals surface area contributed by atoms with Crippen LogP contribution in [-0.4, -0.2) is 21.5 Å². The highest BCUT2D eigenvalue weighted by atomic mass is 32.1. The molecule has 3 aromatic rings. The molecule has 1 N–H and O–H groups in total. The van der Waals surface area contributed by atoms with Crippen LogP contribution in [0.25, 0.3) is 11.8 Å². The first-order valence-electron chi connectivity index (χ1n) is 10.8. The number of hydrogen-bond acceptors (Lipinski definition) is 3. The molecule has 1 aromatic heterocycles. The van der Waals surface area contributed by atoms with Crippen molar-refractivity contribution in [2.45, 2.75) is 41.5 Å². The Morgan fingerprint density at radius 1 is 0.879 bits per heavy atom. The van der Waals surface area contributed by atoms with E-state index in [1.807, 2.05) is 52.0 Å². The Bertz CT molecular complexity index is 1360. The largest absolute Gasteiger partial charge is 0.318 e. The van der Waals surface area contributed by atoms with Gasteiger partial charge in [0.05, 0.1) is 5.69 Å². The number of anilines is 1. The molecule has 2 aromatic carbocycles. The molecule has 4 rings (SSSR count). The number of carbonyl (C=O) groups is 2. The fraction of sp³-hybridized carbons (Fsp3) is 0.222. The molecule has 0 bridgehead atoms. The molecule has 1 aliphatic rings. The van der Waals surface area contributed by atoms with Crippen molar-refractivity contribution in [2.75, 3.05) is 4.90 Å². The number of carbonyl (C=O) groups excluding carboxylic acids is 2. The average Bonchev–Trinajstić information content (AvgIpc) is 3.03. The van der Waals surface area contributed by atoms with E-state index in [-0.39, 0.29) is 10.7 Å². The van der Waals surface area contributed by atoms with Gasteiger partial charge in [0.15, 0.2) is 5.11 Å². The van der Waals surface area contributed by atoms with Gasteiger partial charge < -0.3 is 4.57 Å². The van der Waals surface area contributed by atoms with Crippen molar-refractivity contribution in [1.29, 1.82) is 0 Å². The molecule has 1 aliphatic heterocycles. The van der Waals surface area contributed by atoms with Crippen molar-refractivity contribution in [2.24, 2.45) is 0 Å². The van der Waals surface area contributed by atoms with Gasteiger partial charge in [-0.1, -0.05) is 24.3 Å². The summed E-state index contributed by atoms with van der Waals surface area (Å²) in [7, 11) is 0. The van der Waals surface area contributed by atoms with Crippen LogP contribution < -0.4 is 10.2 Å². The molecular weight excluding hydrogens is 430 g/mol. The van der Waals surface area contributed by atoms with Gasteiger partial charge in [0, 0.05) is 17.1 Å². The van der Waals surface area contributed by atoms with E-state index in [4.69, 9.17) is 12.2 Å². The van der Waals surface area contributed by atoms with E-state index in [1.54, 1.807) is 6.08 Å². The third kappa shape index (κ3) is 3.91. The lowest BCUT2D eigenvalue weighted by Gasteiger charge is -2.30. The maximum Gasteiger partial charge on any atom is 0.270 e. The normalized spacial score (nSPS) is 15.4. The van der Waals surface area contributed by atoms with E-state index in [0.717, 1.165) is 39.3 Å². The molecular formula is C27H27N3O2S. The Balaban J connectivity index is 1.81. The smallest absolute Gasteiger partial charge is 0.270 e. The second kappa shape index (κ2) is 8.45. The Kier molecular flexibility index (Phi) is 5.80. The summed E-state index contributed by atoms with van der Waals surface area (Å²) in [6.07, 6.45) is 1.67. The Morgan fingerprint density at radius 3 is 2.33 bits per heavy atom. The fourth-order valence-electron chi connectivity index (χ4n) is 4.27. The summed E-state index contributed by atoms with van der Waals surface area (Å²) in [5.74, 6) is -0.905. The molecule has 0 aliphatic carbocycles. The SMILES string of the molecule is Cc1ccc(C)c(-n2c(C)cc(/C=C3\C(=O)NC(=S)N(c4cccc(C)c4C)C3=O)c2C)c1. The lowest BCUT2D eigenvalue weighted by Crippen LogP contribution is -2.54. The second-order valence-corrected chi connectivity index (χ2v) is 9.02. The number of aryl methyl sites for hydroxylation is 4. The van der Waals surface area contributed by atoms with Gasteiger partial charge in [-0.3, -0.25) is 19.8 Å². The number of aromatic nitrogens is 1. The van der Waals surface area contributed by atoms with Crippen molar-refractivity contribution < 1.29 is 9.59 Å². The van der Waals surface area contributed by atoms with Crippen LogP contribution in [0.5, 0.6) is 0 Å². The second-order valence-electron chi connectivity index (χ2n) is 8.63. The third-order valence-corrected chi connectivity index (χ3v) is 6.58. The van der Waals surface area contributed by atoms with Crippen molar-refractivity contribution in [3.63, 3.8) is 0 Å². The minimum atomic E-state index is -0.483. The molecule has 168 valence electrons. The third-order valence-electron chi connectivity index (χ3n) is 6.29. The number of amides is 2.